The predicted octanol–water partition coefficient (Wildman–Crippen LogP) is 4.19. The summed E-state index contributed by atoms with van der Waals surface area (Å²) in [5, 5.41) is 10.5. The molecule has 1 atom stereocenters. The van der Waals surface area contributed by atoms with E-state index in [0.29, 0.717) is 23.7 Å². The molecule has 5 rings (SSSR count). The molecule has 2 amide bonds. The van der Waals surface area contributed by atoms with Crippen LogP contribution in [0.15, 0.2) is 30.5 Å². The highest BCUT2D eigenvalue weighted by Gasteiger charge is 2.50. The summed E-state index contributed by atoms with van der Waals surface area (Å²) in [6.45, 7) is 4.34. The number of aromatic nitrogens is 1. The van der Waals surface area contributed by atoms with Crippen molar-refractivity contribution < 1.29 is 14.7 Å². The number of pyridine rings is 1. The molecule has 1 aliphatic carbocycles. The predicted molar refractivity (Wildman–Crippen MR) is 141 cm³/mol. The van der Waals surface area contributed by atoms with Gasteiger partial charge in [-0.05, 0) is 80.7 Å². The third-order valence-corrected chi connectivity index (χ3v) is 8.74. The van der Waals surface area contributed by atoms with Crippen LogP contribution in [0.25, 0.3) is 11.1 Å². The highest BCUT2D eigenvalue weighted by molar-refractivity contribution is 6.33. The number of likely N-dealkylation sites (tertiary alicyclic amines) is 1. The number of aliphatic hydroxyl groups excluding tert-OH is 1. The number of rotatable bonds is 5. The van der Waals surface area contributed by atoms with Gasteiger partial charge in [0.1, 0.15) is 5.69 Å². The van der Waals surface area contributed by atoms with Gasteiger partial charge < -0.3 is 20.6 Å². The molecule has 1 aromatic carbocycles. The molecule has 0 unspecified atom stereocenters. The Morgan fingerprint density at radius 2 is 1.94 bits per heavy atom. The van der Waals surface area contributed by atoms with Crippen molar-refractivity contribution in [2.45, 2.75) is 70.4 Å². The van der Waals surface area contributed by atoms with Gasteiger partial charge in [0.25, 0.3) is 5.91 Å². The van der Waals surface area contributed by atoms with Crippen LogP contribution in [-0.4, -0.2) is 58.6 Å². The molecule has 1 aromatic heterocycles. The molecule has 2 aromatic rings. The van der Waals surface area contributed by atoms with Crippen LogP contribution in [0.1, 0.15) is 67.9 Å². The fourth-order valence-electron chi connectivity index (χ4n) is 6.38. The van der Waals surface area contributed by atoms with Gasteiger partial charge in [0.2, 0.25) is 5.91 Å². The summed E-state index contributed by atoms with van der Waals surface area (Å²) in [7, 11) is 0. The van der Waals surface area contributed by atoms with Gasteiger partial charge in [0, 0.05) is 37.4 Å². The van der Waals surface area contributed by atoms with E-state index >= 15 is 0 Å². The summed E-state index contributed by atoms with van der Waals surface area (Å²) >= 11 is 6.81. The molecular weight excluding hydrogens is 476 g/mol. The molecule has 2 saturated heterocycles. The summed E-state index contributed by atoms with van der Waals surface area (Å²) in [4.78, 5) is 34.0. The molecule has 36 heavy (non-hydrogen) atoms. The molecule has 7 nitrogen and oxygen atoms in total. The lowest BCUT2D eigenvalue weighted by atomic mass is 9.78. The Hall–Kier alpha value is -2.64. The molecule has 1 spiro atoms. The number of piperidine rings is 1. The molecule has 1 saturated carbocycles. The lowest BCUT2D eigenvalue weighted by molar-refractivity contribution is -0.139. The minimum atomic E-state index is -0.521. The maximum atomic E-state index is 13.7. The Morgan fingerprint density at radius 1 is 1.17 bits per heavy atom. The Bertz CT molecular complexity index is 1160. The zero-order chi connectivity index (χ0) is 25.4. The maximum absolute atomic E-state index is 13.7. The van der Waals surface area contributed by atoms with E-state index in [1.54, 1.807) is 6.20 Å². The number of aliphatic hydroxyl groups is 1. The first-order chi connectivity index (χ1) is 17.3. The number of carbonyl (C=O) groups excluding carboxylic acids is 2. The first-order valence-electron chi connectivity index (χ1n) is 13.1. The number of halogens is 1. The largest absolute Gasteiger partial charge is 0.393 e. The minimum Gasteiger partial charge on any atom is -0.393 e. The number of carbonyl (C=O) groups is 2. The van der Waals surface area contributed by atoms with E-state index in [-0.39, 0.29) is 23.5 Å². The molecule has 8 heteroatoms. The zero-order valence-electron chi connectivity index (χ0n) is 20.9. The minimum absolute atomic E-state index is 0.214. The molecule has 192 valence electrons. The second-order valence-electron chi connectivity index (χ2n) is 10.6. The van der Waals surface area contributed by atoms with Crippen molar-refractivity contribution >= 4 is 29.1 Å². The van der Waals surface area contributed by atoms with Crippen molar-refractivity contribution in [3.63, 3.8) is 0 Å². The van der Waals surface area contributed by atoms with Crippen LogP contribution in [0.2, 0.25) is 5.02 Å². The lowest BCUT2D eigenvalue weighted by Crippen LogP contribution is -2.50. The van der Waals surface area contributed by atoms with Gasteiger partial charge in [-0.1, -0.05) is 24.6 Å². The van der Waals surface area contributed by atoms with E-state index < -0.39 is 5.91 Å². The average Bonchev–Trinajstić information content (AvgIpc) is 3.18. The SMILES string of the molecule is CCc1cc(-c2ccc(N3CCC[C@]4(CCN([C@H]5CC[C@@H](O)CC5)C4=O)C3)c(Cl)c2)cnc1C(N)=O. The molecule has 0 bridgehead atoms. The maximum Gasteiger partial charge on any atom is 0.267 e. The fraction of sp³-hybridized carbons (Fsp3) is 0.536. The van der Waals surface area contributed by atoms with Crippen LogP contribution in [0, 0.1) is 5.41 Å². The van der Waals surface area contributed by atoms with Gasteiger partial charge in [0.05, 0.1) is 22.2 Å². The van der Waals surface area contributed by atoms with Crippen molar-refractivity contribution in [3.8, 4) is 11.1 Å². The Morgan fingerprint density at radius 3 is 2.64 bits per heavy atom. The Labute approximate surface area is 217 Å². The summed E-state index contributed by atoms with van der Waals surface area (Å²) < 4.78 is 0. The van der Waals surface area contributed by atoms with E-state index in [2.05, 4.69) is 14.8 Å². The third-order valence-electron chi connectivity index (χ3n) is 8.43. The summed E-state index contributed by atoms with van der Waals surface area (Å²) in [5.41, 5.74) is 9.00. The number of anilines is 1. The van der Waals surface area contributed by atoms with Crippen LogP contribution in [0.4, 0.5) is 5.69 Å². The van der Waals surface area contributed by atoms with Gasteiger partial charge in [-0.3, -0.25) is 14.6 Å². The number of primary amides is 1. The lowest BCUT2D eigenvalue weighted by Gasteiger charge is -2.41. The van der Waals surface area contributed by atoms with Crippen LogP contribution in [0.3, 0.4) is 0 Å². The number of nitrogens with two attached hydrogens (primary N) is 1. The van der Waals surface area contributed by atoms with Crippen LogP contribution < -0.4 is 10.6 Å². The van der Waals surface area contributed by atoms with Crippen LogP contribution in [0.5, 0.6) is 0 Å². The normalized spacial score (nSPS) is 26.6. The third kappa shape index (κ3) is 4.59. The molecule has 3 heterocycles. The smallest absolute Gasteiger partial charge is 0.267 e. The Balaban J connectivity index is 1.34. The molecule has 3 N–H and O–H groups in total. The monoisotopic (exact) mass is 510 g/mol. The first kappa shape index (κ1) is 25.0. The number of hydrogen-bond acceptors (Lipinski definition) is 5. The van der Waals surface area contributed by atoms with Crippen LogP contribution in [-0.2, 0) is 11.2 Å². The van der Waals surface area contributed by atoms with Crippen molar-refractivity contribution in [1.29, 1.82) is 0 Å². The summed E-state index contributed by atoms with van der Waals surface area (Å²) in [6.07, 6.45) is 8.24. The van der Waals surface area contributed by atoms with E-state index in [1.807, 2.05) is 31.2 Å². The van der Waals surface area contributed by atoms with Crippen LogP contribution >= 0.6 is 11.6 Å². The molecule has 0 radical (unpaired) electrons. The number of nitrogens with zero attached hydrogens (tertiary/aromatic N) is 3. The second kappa shape index (κ2) is 10.0. The van der Waals surface area contributed by atoms with Gasteiger partial charge in [-0.25, -0.2) is 0 Å². The highest BCUT2D eigenvalue weighted by atomic mass is 35.5. The molecule has 2 aliphatic heterocycles. The highest BCUT2D eigenvalue weighted by Crippen LogP contribution is 2.44. The number of amides is 2. The fourth-order valence-corrected chi connectivity index (χ4v) is 6.68. The molecule has 3 aliphatic rings. The number of hydrogen-bond donors (Lipinski definition) is 2. The quantitative estimate of drug-likeness (QED) is 0.628. The summed E-state index contributed by atoms with van der Waals surface area (Å²) in [5.74, 6) is -0.235. The van der Waals surface area contributed by atoms with Gasteiger partial charge in [-0.15, -0.1) is 0 Å². The standard InChI is InChI=1S/C28H35ClN4O3/c1-2-18-14-20(16-31-25(18)26(30)35)19-4-9-24(23(29)15-19)32-12-3-10-28(17-32)11-13-33(27(28)36)21-5-7-22(34)8-6-21/h4,9,14-16,21-22,34H,2-3,5-8,10-13,17H2,1H3,(H2,30,35)/t21-,22+,28-/m0/s1. The first-order valence-corrected chi connectivity index (χ1v) is 13.5. The van der Waals surface area contributed by atoms with Crippen molar-refractivity contribution in [2.75, 3.05) is 24.5 Å². The zero-order valence-corrected chi connectivity index (χ0v) is 21.6. The molecular formula is C28H35ClN4O3. The van der Waals surface area contributed by atoms with Crippen molar-refractivity contribution in [3.05, 3.63) is 46.7 Å². The van der Waals surface area contributed by atoms with Gasteiger partial charge >= 0.3 is 0 Å². The van der Waals surface area contributed by atoms with Crippen molar-refractivity contribution in [1.82, 2.24) is 9.88 Å². The van der Waals surface area contributed by atoms with E-state index in [9.17, 15) is 14.7 Å². The van der Waals surface area contributed by atoms with E-state index in [4.69, 9.17) is 17.3 Å². The van der Waals surface area contributed by atoms with Crippen molar-refractivity contribution in [2.24, 2.45) is 11.1 Å². The van der Waals surface area contributed by atoms with Gasteiger partial charge in [-0.2, -0.15) is 0 Å². The Kier molecular flexibility index (Phi) is 6.97. The van der Waals surface area contributed by atoms with E-state index in [0.717, 1.165) is 80.4 Å². The van der Waals surface area contributed by atoms with E-state index in [1.165, 1.54) is 0 Å². The average molecular weight is 511 g/mol. The van der Waals surface area contributed by atoms with Gasteiger partial charge in [0.15, 0.2) is 0 Å². The summed E-state index contributed by atoms with van der Waals surface area (Å²) in [6, 6.07) is 8.21. The second-order valence-corrected chi connectivity index (χ2v) is 11.0. The number of aryl methyl sites for hydroxylation is 1. The number of benzene rings is 1. The topological polar surface area (TPSA) is 99.8 Å². The molecule has 3 fully saturated rings.